The van der Waals surface area contributed by atoms with E-state index in [0.29, 0.717) is 0 Å². The Hall–Kier alpha value is -2.08. The minimum Gasteiger partial charge on any atom is -0.496 e. The van der Waals surface area contributed by atoms with Crippen molar-refractivity contribution in [3.63, 3.8) is 0 Å². The van der Waals surface area contributed by atoms with Crippen LogP contribution in [0.25, 0.3) is 0 Å². The summed E-state index contributed by atoms with van der Waals surface area (Å²) < 4.78 is 15.3. The monoisotopic (exact) mass is 266 g/mol. The molecule has 6 nitrogen and oxygen atoms in total. The van der Waals surface area contributed by atoms with Crippen molar-refractivity contribution in [2.75, 3.05) is 14.2 Å². The zero-order valence-corrected chi connectivity index (χ0v) is 10.6. The Balaban J connectivity index is 2.66. The van der Waals surface area contributed by atoms with E-state index in [2.05, 4.69) is 0 Å². The van der Waals surface area contributed by atoms with Crippen molar-refractivity contribution in [3.05, 3.63) is 17.7 Å². The van der Waals surface area contributed by atoms with Crippen molar-refractivity contribution in [3.8, 4) is 17.2 Å². The van der Waals surface area contributed by atoms with E-state index >= 15 is 0 Å². The highest BCUT2D eigenvalue weighted by Gasteiger charge is 2.31. The van der Waals surface area contributed by atoms with Gasteiger partial charge in [0.1, 0.15) is 17.4 Å². The lowest BCUT2D eigenvalue weighted by Crippen LogP contribution is -2.27. The van der Waals surface area contributed by atoms with Crippen LogP contribution >= 0.6 is 0 Å². The van der Waals surface area contributed by atoms with E-state index < -0.39 is 17.9 Å². The number of methoxy groups -OCH3 is 2. The third kappa shape index (κ3) is 2.39. The molecule has 19 heavy (non-hydrogen) atoms. The van der Waals surface area contributed by atoms with Gasteiger partial charge < -0.3 is 19.3 Å². The number of esters is 1. The van der Waals surface area contributed by atoms with Crippen molar-refractivity contribution in [2.45, 2.75) is 18.9 Å². The second-order valence-corrected chi connectivity index (χ2v) is 4.07. The van der Waals surface area contributed by atoms with Gasteiger partial charge >= 0.3 is 5.97 Å². The van der Waals surface area contributed by atoms with Gasteiger partial charge in [-0.05, 0) is 18.6 Å². The summed E-state index contributed by atoms with van der Waals surface area (Å²) >= 11 is 0. The number of benzene rings is 1. The zero-order valence-electron chi connectivity index (χ0n) is 10.6. The number of aliphatic hydroxyl groups excluding tert-OH is 1. The van der Waals surface area contributed by atoms with Gasteiger partial charge in [-0.25, -0.2) is 0 Å². The standard InChI is InChI=1S/C13H14O6/c1-17-8-4-5-9(18-2)13-11(8)12(16)7(14)3-6-10(15)19-13/h4-5,7,14H,3,6H2,1-2H3/t7-/m0/s1. The Labute approximate surface area is 109 Å². The zero-order chi connectivity index (χ0) is 14.0. The molecule has 0 fully saturated rings. The number of rotatable bonds is 2. The first-order valence-corrected chi connectivity index (χ1v) is 5.76. The molecule has 1 aliphatic rings. The summed E-state index contributed by atoms with van der Waals surface area (Å²) in [6.45, 7) is 0. The molecule has 102 valence electrons. The molecule has 1 heterocycles. The first-order valence-electron chi connectivity index (χ1n) is 5.76. The summed E-state index contributed by atoms with van der Waals surface area (Å²) in [5, 5.41) is 9.78. The molecule has 0 saturated carbocycles. The first-order chi connectivity index (χ1) is 9.08. The molecule has 0 aromatic heterocycles. The topological polar surface area (TPSA) is 82.1 Å². The maximum absolute atomic E-state index is 12.2. The summed E-state index contributed by atoms with van der Waals surface area (Å²) in [5.41, 5.74) is 0.0300. The molecule has 0 spiro atoms. The number of hydrogen-bond donors (Lipinski definition) is 1. The smallest absolute Gasteiger partial charge is 0.311 e. The fraction of sp³-hybridized carbons (Fsp3) is 0.385. The van der Waals surface area contributed by atoms with Gasteiger partial charge in [0, 0.05) is 6.42 Å². The van der Waals surface area contributed by atoms with Crippen molar-refractivity contribution in [2.24, 2.45) is 0 Å². The molecule has 0 amide bonds. The van der Waals surface area contributed by atoms with Crippen molar-refractivity contribution in [1.29, 1.82) is 0 Å². The van der Waals surface area contributed by atoms with Gasteiger partial charge in [-0.3, -0.25) is 9.59 Å². The molecule has 1 aromatic carbocycles. The summed E-state index contributed by atoms with van der Waals surface area (Å²) in [4.78, 5) is 23.7. The maximum atomic E-state index is 12.2. The third-order valence-corrected chi connectivity index (χ3v) is 2.91. The SMILES string of the molecule is COc1ccc(OC)c2c1OC(=O)CC[C@H](O)C2=O. The number of Topliss-reactive ketones (excluding diaryl/α,β-unsaturated/α-hetero) is 1. The normalized spacial score (nSPS) is 19.0. The van der Waals surface area contributed by atoms with Crippen LogP contribution in [0.4, 0.5) is 0 Å². The largest absolute Gasteiger partial charge is 0.496 e. The van der Waals surface area contributed by atoms with E-state index in [1.165, 1.54) is 26.4 Å². The van der Waals surface area contributed by atoms with Crippen LogP contribution < -0.4 is 14.2 Å². The fourth-order valence-corrected chi connectivity index (χ4v) is 1.93. The number of aliphatic hydroxyl groups is 1. The van der Waals surface area contributed by atoms with Crippen LogP contribution in [-0.2, 0) is 4.79 Å². The van der Waals surface area contributed by atoms with E-state index in [0.717, 1.165) is 0 Å². The third-order valence-electron chi connectivity index (χ3n) is 2.91. The minimum absolute atomic E-state index is 0.00407. The Bertz CT molecular complexity index is 522. The summed E-state index contributed by atoms with van der Waals surface area (Å²) in [6.07, 6.45) is -1.27. The lowest BCUT2D eigenvalue weighted by atomic mass is 9.99. The van der Waals surface area contributed by atoms with Gasteiger partial charge in [0.2, 0.25) is 0 Å². The van der Waals surface area contributed by atoms with Crippen LogP contribution in [0.5, 0.6) is 17.2 Å². The summed E-state index contributed by atoms with van der Waals surface area (Å²) in [7, 11) is 2.79. The van der Waals surface area contributed by atoms with Crippen LogP contribution in [0.15, 0.2) is 12.1 Å². The molecule has 1 N–H and O–H groups in total. The Morgan fingerprint density at radius 3 is 2.47 bits per heavy atom. The molecule has 1 aliphatic heterocycles. The molecule has 0 saturated heterocycles. The summed E-state index contributed by atoms with van der Waals surface area (Å²) in [5.74, 6) is -0.602. The second-order valence-electron chi connectivity index (χ2n) is 4.07. The van der Waals surface area contributed by atoms with Crippen LogP contribution in [0.3, 0.4) is 0 Å². The number of fused-ring (bicyclic) bond motifs is 1. The Morgan fingerprint density at radius 2 is 1.84 bits per heavy atom. The van der Waals surface area contributed by atoms with Gasteiger partial charge in [0.25, 0.3) is 0 Å². The molecule has 6 heteroatoms. The highest BCUT2D eigenvalue weighted by Crippen LogP contribution is 2.39. The van der Waals surface area contributed by atoms with Crippen LogP contribution in [0.1, 0.15) is 23.2 Å². The quantitative estimate of drug-likeness (QED) is 0.634. The number of carbonyl (C=O) groups excluding carboxylic acids is 2. The maximum Gasteiger partial charge on any atom is 0.311 e. The lowest BCUT2D eigenvalue weighted by Gasteiger charge is -2.20. The first kappa shape index (κ1) is 13.4. The van der Waals surface area contributed by atoms with E-state index in [9.17, 15) is 14.7 Å². The summed E-state index contributed by atoms with van der Waals surface area (Å²) in [6, 6.07) is 3.06. The van der Waals surface area contributed by atoms with E-state index in [-0.39, 0.29) is 35.7 Å². The van der Waals surface area contributed by atoms with Gasteiger partial charge in [0.15, 0.2) is 17.3 Å². The van der Waals surface area contributed by atoms with Crippen molar-refractivity contribution in [1.82, 2.24) is 0 Å². The highest BCUT2D eigenvalue weighted by molar-refractivity contribution is 6.06. The van der Waals surface area contributed by atoms with Gasteiger partial charge in [-0.1, -0.05) is 0 Å². The predicted molar refractivity (Wildman–Crippen MR) is 64.8 cm³/mol. The average Bonchev–Trinajstić information content (AvgIpc) is 2.42. The molecule has 0 aliphatic carbocycles. The fourth-order valence-electron chi connectivity index (χ4n) is 1.93. The molecule has 1 aromatic rings. The molecular formula is C13H14O6. The van der Waals surface area contributed by atoms with Crippen LogP contribution in [0, 0.1) is 0 Å². The van der Waals surface area contributed by atoms with E-state index in [4.69, 9.17) is 14.2 Å². The Morgan fingerprint density at radius 1 is 1.21 bits per heavy atom. The molecule has 1 atom stereocenters. The van der Waals surface area contributed by atoms with Gasteiger partial charge in [-0.15, -0.1) is 0 Å². The van der Waals surface area contributed by atoms with Crippen molar-refractivity contribution >= 4 is 11.8 Å². The minimum atomic E-state index is -1.26. The predicted octanol–water partition coefficient (Wildman–Crippen LogP) is 0.947. The van der Waals surface area contributed by atoms with E-state index in [1.807, 2.05) is 0 Å². The highest BCUT2D eigenvalue weighted by atomic mass is 16.6. The molecule has 0 bridgehead atoms. The van der Waals surface area contributed by atoms with E-state index in [1.54, 1.807) is 0 Å². The molecule has 2 rings (SSSR count). The number of ketones is 1. The second kappa shape index (κ2) is 5.27. The Kier molecular flexibility index (Phi) is 3.71. The van der Waals surface area contributed by atoms with Crippen LogP contribution in [0.2, 0.25) is 0 Å². The van der Waals surface area contributed by atoms with Crippen molar-refractivity contribution < 1.29 is 28.9 Å². The average molecular weight is 266 g/mol. The van der Waals surface area contributed by atoms with Gasteiger partial charge in [0.05, 0.1) is 14.2 Å². The molecule has 0 unspecified atom stereocenters. The molecular weight excluding hydrogens is 252 g/mol. The van der Waals surface area contributed by atoms with Crippen LogP contribution in [-0.4, -0.2) is 37.2 Å². The number of ether oxygens (including phenoxy) is 3. The number of carbonyl (C=O) groups is 2. The number of hydrogen-bond acceptors (Lipinski definition) is 6. The molecule has 0 radical (unpaired) electrons. The lowest BCUT2D eigenvalue weighted by molar-refractivity contribution is -0.135. The van der Waals surface area contributed by atoms with Gasteiger partial charge in [-0.2, -0.15) is 0 Å².